The number of aromatic amines is 1. The summed E-state index contributed by atoms with van der Waals surface area (Å²) in [7, 11) is 0. The van der Waals surface area contributed by atoms with Crippen molar-refractivity contribution in [2.45, 2.75) is 32.8 Å². The van der Waals surface area contributed by atoms with Crippen LogP contribution in [0.1, 0.15) is 30.9 Å². The Kier molecular flexibility index (Phi) is 4.15. The summed E-state index contributed by atoms with van der Waals surface area (Å²) in [5, 5.41) is 0. The highest BCUT2D eigenvalue weighted by molar-refractivity contribution is 5.82. The number of aryl methyl sites for hydroxylation is 1. The number of rotatable bonds is 6. The summed E-state index contributed by atoms with van der Waals surface area (Å²) in [4.78, 5) is 11.9. The van der Waals surface area contributed by atoms with Crippen LogP contribution in [0, 0.1) is 0 Å². The summed E-state index contributed by atoms with van der Waals surface area (Å²) in [5.41, 5.74) is 4.22. The molecule has 108 valence electrons. The van der Waals surface area contributed by atoms with Crippen LogP contribution in [0.25, 0.3) is 11.0 Å². The van der Waals surface area contributed by atoms with Crippen molar-refractivity contribution in [3.8, 4) is 5.88 Å². The minimum Gasteiger partial charge on any atom is -0.471 e. The van der Waals surface area contributed by atoms with Gasteiger partial charge in [-0.3, -0.25) is 0 Å². The third-order valence-electron chi connectivity index (χ3n) is 3.53. The molecule has 0 aliphatic heterocycles. The highest BCUT2D eigenvalue weighted by Gasteiger charge is 2.10. The summed E-state index contributed by atoms with van der Waals surface area (Å²) in [6.45, 7) is 2.70. The summed E-state index contributed by atoms with van der Waals surface area (Å²) in [5.74, 6) is 0.617. The third kappa shape index (κ3) is 3.05. The van der Waals surface area contributed by atoms with E-state index in [1.54, 1.807) is 6.33 Å². The maximum Gasteiger partial charge on any atom is 0.241 e. The second kappa shape index (κ2) is 6.39. The van der Waals surface area contributed by atoms with E-state index < -0.39 is 0 Å². The quantitative estimate of drug-likeness (QED) is 0.746. The normalized spacial score (nSPS) is 10.9. The van der Waals surface area contributed by atoms with Gasteiger partial charge in [-0.1, -0.05) is 43.7 Å². The summed E-state index contributed by atoms with van der Waals surface area (Å²) in [6, 6.07) is 10.1. The fraction of sp³-hybridized carbons (Fsp3) is 0.294. The average molecular weight is 281 g/mol. The molecule has 0 atom stereocenters. The van der Waals surface area contributed by atoms with E-state index in [0.717, 1.165) is 29.4 Å². The predicted octanol–water partition coefficient (Wildman–Crippen LogP) is 3.88. The molecule has 0 aliphatic carbocycles. The number of hydrogen-bond donors (Lipinski definition) is 1. The van der Waals surface area contributed by atoms with E-state index in [-0.39, 0.29) is 0 Å². The van der Waals surface area contributed by atoms with Crippen LogP contribution in [-0.4, -0.2) is 15.0 Å². The number of H-pyrrole nitrogens is 1. The number of fused-ring (bicyclic) bond motifs is 1. The lowest BCUT2D eigenvalue weighted by molar-refractivity contribution is 0.297. The van der Waals surface area contributed by atoms with Gasteiger partial charge in [0.05, 0.1) is 5.52 Å². The largest absolute Gasteiger partial charge is 0.471 e. The number of aromatic nitrogens is 3. The van der Waals surface area contributed by atoms with Crippen molar-refractivity contribution in [3.05, 3.63) is 54.0 Å². The van der Waals surface area contributed by atoms with Gasteiger partial charge in [-0.05, 0) is 24.0 Å². The van der Waals surface area contributed by atoms with Crippen molar-refractivity contribution in [1.29, 1.82) is 0 Å². The zero-order valence-electron chi connectivity index (χ0n) is 12.2. The molecule has 0 unspecified atom stereocenters. The first-order chi connectivity index (χ1) is 10.4. The molecule has 0 fully saturated rings. The maximum absolute atomic E-state index is 5.84. The Morgan fingerprint density at radius 3 is 2.81 bits per heavy atom. The van der Waals surface area contributed by atoms with Gasteiger partial charge in [0.15, 0.2) is 0 Å². The second-order valence-corrected chi connectivity index (χ2v) is 5.09. The third-order valence-corrected chi connectivity index (χ3v) is 3.53. The smallest absolute Gasteiger partial charge is 0.241 e. The van der Waals surface area contributed by atoms with Crippen molar-refractivity contribution >= 4 is 11.0 Å². The van der Waals surface area contributed by atoms with Crippen LogP contribution in [0.5, 0.6) is 5.88 Å². The van der Waals surface area contributed by atoms with Gasteiger partial charge in [-0.25, -0.2) is 4.98 Å². The van der Waals surface area contributed by atoms with Crippen LogP contribution >= 0.6 is 0 Å². The molecular weight excluding hydrogens is 262 g/mol. The van der Waals surface area contributed by atoms with Gasteiger partial charge in [-0.2, -0.15) is 4.98 Å². The van der Waals surface area contributed by atoms with E-state index in [9.17, 15) is 0 Å². The van der Waals surface area contributed by atoms with Gasteiger partial charge >= 0.3 is 0 Å². The Morgan fingerprint density at radius 1 is 1.14 bits per heavy atom. The van der Waals surface area contributed by atoms with Gasteiger partial charge in [0.2, 0.25) is 5.88 Å². The molecular formula is C17H19N3O. The standard InChI is InChI=1S/C17H19N3O/c1-2-3-9-14-10-18-16-15(14)19-12-20-17(16)21-11-13-7-5-4-6-8-13/h4-8,10,12,18H,2-3,9,11H2,1H3. The SMILES string of the molecule is CCCCc1c[nH]c2c(OCc3ccccc3)ncnc12. The summed E-state index contributed by atoms with van der Waals surface area (Å²) < 4.78 is 5.84. The monoisotopic (exact) mass is 281 g/mol. The first-order valence-electron chi connectivity index (χ1n) is 7.36. The topological polar surface area (TPSA) is 50.8 Å². The number of nitrogens with zero attached hydrogens (tertiary/aromatic N) is 2. The first-order valence-corrected chi connectivity index (χ1v) is 7.36. The van der Waals surface area contributed by atoms with Crippen molar-refractivity contribution in [1.82, 2.24) is 15.0 Å². The fourth-order valence-electron chi connectivity index (χ4n) is 2.36. The highest BCUT2D eigenvalue weighted by Crippen LogP contribution is 2.24. The molecule has 2 heterocycles. The van der Waals surface area contributed by atoms with Gasteiger partial charge < -0.3 is 9.72 Å². The lowest BCUT2D eigenvalue weighted by atomic mass is 10.1. The van der Waals surface area contributed by atoms with E-state index in [1.807, 2.05) is 36.5 Å². The van der Waals surface area contributed by atoms with E-state index in [0.29, 0.717) is 12.5 Å². The highest BCUT2D eigenvalue weighted by atomic mass is 16.5. The number of unbranched alkanes of at least 4 members (excludes halogenated alkanes) is 1. The van der Waals surface area contributed by atoms with Crippen molar-refractivity contribution < 1.29 is 4.74 Å². The molecule has 0 bridgehead atoms. The number of ether oxygens (including phenoxy) is 1. The van der Waals surface area contributed by atoms with Crippen LogP contribution < -0.4 is 4.74 Å². The number of nitrogens with one attached hydrogen (secondary N) is 1. The zero-order valence-corrected chi connectivity index (χ0v) is 12.2. The first kappa shape index (κ1) is 13.6. The Hall–Kier alpha value is -2.36. The van der Waals surface area contributed by atoms with Gasteiger partial charge in [0.25, 0.3) is 0 Å². The molecule has 21 heavy (non-hydrogen) atoms. The van der Waals surface area contributed by atoms with Gasteiger partial charge in [0, 0.05) is 6.20 Å². The molecule has 1 N–H and O–H groups in total. The molecule has 1 aromatic carbocycles. The molecule has 0 saturated heterocycles. The molecule has 0 amide bonds. The van der Waals surface area contributed by atoms with Crippen LogP contribution in [0.3, 0.4) is 0 Å². The average Bonchev–Trinajstić information content (AvgIpc) is 2.95. The van der Waals surface area contributed by atoms with Crippen molar-refractivity contribution in [3.63, 3.8) is 0 Å². The summed E-state index contributed by atoms with van der Waals surface area (Å²) in [6.07, 6.45) is 6.97. The molecule has 3 rings (SSSR count). The molecule has 3 aromatic rings. The Labute approximate surface area is 124 Å². The fourth-order valence-corrected chi connectivity index (χ4v) is 2.36. The molecule has 4 nitrogen and oxygen atoms in total. The van der Waals surface area contributed by atoms with E-state index in [2.05, 4.69) is 21.9 Å². The van der Waals surface area contributed by atoms with Crippen molar-refractivity contribution in [2.75, 3.05) is 0 Å². The molecule has 0 saturated carbocycles. The Morgan fingerprint density at radius 2 is 2.00 bits per heavy atom. The second-order valence-electron chi connectivity index (χ2n) is 5.09. The van der Waals surface area contributed by atoms with Crippen LogP contribution in [-0.2, 0) is 13.0 Å². The lowest BCUT2D eigenvalue weighted by Gasteiger charge is -2.06. The number of hydrogen-bond acceptors (Lipinski definition) is 3. The molecule has 0 radical (unpaired) electrons. The number of benzene rings is 1. The van der Waals surface area contributed by atoms with Crippen LogP contribution in [0.4, 0.5) is 0 Å². The Balaban J connectivity index is 1.81. The summed E-state index contributed by atoms with van der Waals surface area (Å²) >= 11 is 0. The molecule has 0 spiro atoms. The maximum atomic E-state index is 5.84. The van der Waals surface area contributed by atoms with Crippen molar-refractivity contribution in [2.24, 2.45) is 0 Å². The van der Waals surface area contributed by atoms with E-state index in [1.165, 1.54) is 12.0 Å². The van der Waals surface area contributed by atoms with E-state index >= 15 is 0 Å². The molecule has 2 aromatic heterocycles. The minimum atomic E-state index is 0.510. The predicted molar refractivity (Wildman–Crippen MR) is 83.3 cm³/mol. The lowest BCUT2D eigenvalue weighted by Crippen LogP contribution is -1.98. The van der Waals surface area contributed by atoms with E-state index in [4.69, 9.17) is 4.74 Å². The minimum absolute atomic E-state index is 0.510. The van der Waals surface area contributed by atoms with Crippen LogP contribution in [0.15, 0.2) is 42.9 Å². The van der Waals surface area contributed by atoms with Crippen LogP contribution in [0.2, 0.25) is 0 Å². The van der Waals surface area contributed by atoms with Gasteiger partial charge in [0.1, 0.15) is 18.5 Å². The zero-order chi connectivity index (χ0) is 14.5. The molecule has 4 heteroatoms. The Bertz CT molecular complexity index is 706. The molecule has 0 aliphatic rings. The van der Waals surface area contributed by atoms with Gasteiger partial charge in [-0.15, -0.1) is 0 Å².